The number of hydrogen-bond acceptors (Lipinski definition) is 6. The van der Waals surface area contributed by atoms with Gasteiger partial charge in [-0.1, -0.05) is 84.0 Å². The Bertz CT molecular complexity index is 1270. The van der Waals surface area contributed by atoms with E-state index >= 15 is 0 Å². The van der Waals surface area contributed by atoms with Gasteiger partial charge in [-0.3, -0.25) is 9.59 Å². The van der Waals surface area contributed by atoms with Crippen molar-refractivity contribution in [3.05, 3.63) is 81.5 Å². The lowest BCUT2D eigenvalue weighted by Crippen LogP contribution is -2.36. The van der Waals surface area contributed by atoms with Gasteiger partial charge in [0.15, 0.2) is 11.6 Å². The summed E-state index contributed by atoms with van der Waals surface area (Å²) in [5, 5.41) is 8.60. The summed E-state index contributed by atoms with van der Waals surface area (Å²) in [6.45, 7) is 4.22. The molecule has 1 atom stereocenters. The molecule has 0 fully saturated rings. The zero-order chi connectivity index (χ0) is 23.2. The van der Waals surface area contributed by atoms with Crippen LogP contribution in [0.15, 0.2) is 75.5 Å². The first-order chi connectivity index (χ1) is 15.8. The monoisotopic (exact) mass is 522 g/mol. The molecule has 2 heterocycles. The minimum Gasteiger partial charge on any atom is -0.328 e. The van der Waals surface area contributed by atoms with Crippen molar-refractivity contribution in [3.63, 3.8) is 0 Å². The Morgan fingerprint density at radius 1 is 1.15 bits per heavy atom. The van der Waals surface area contributed by atoms with Crippen LogP contribution in [0.2, 0.25) is 0 Å². The number of Topliss-reactive ketones (excluding diaryl/α,β-unsaturated/α-hetero) is 2. The van der Waals surface area contributed by atoms with Crippen molar-refractivity contribution in [3.8, 4) is 0 Å². The fourth-order valence-electron chi connectivity index (χ4n) is 4.44. The van der Waals surface area contributed by atoms with Gasteiger partial charge in [0.05, 0.1) is 5.75 Å². The molecule has 33 heavy (non-hydrogen) atoms. The second kappa shape index (κ2) is 8.57. The molecule has 1 aliphatic carbocycles. The van der Waals surface area contributed by atoms with Crippen molar-refractivity contribution in [2.45, 2.75) is 37.9 Å². The molecular formula is C25H23BrN4O2S. The molecule has 3 aromatic rings. The topological polar surface area (TPSA) is 76.9 Å². The highest BCUT2D eigenvalue weighted by molar-refractivity contribution is 9.10. The summed E-state index contributed by atoms with van der Waals surface area (Å²) >= 11 is 4.80. The maximum atomic E-state index is 13.3. The number of carbonyl (C=O) groups excluding carboxylic acids is 2. The lowest BCUT2D eigenvalue weighted by atomic mass is 9.73. The van der Waals surface area contributed by atoms with E-state index in [0.29, 0.717) is 23.1 Å². The molecule has 0 radical (unpaired) electrons. The van der Waals surface area contributed by atoms with Crippen LogP contribution in [-0.2, 0) is 4.79 Å². The number of fused-ring (bicyclic) bond motifs is 1. The SMILES string of the molecule is CC1(C)CC(=O)C2=C(C1)Nc1nc(SCC(=O)c3ccccc3)nn1[C@@H]2c1ccc(Br)cc1. The molecule has 2 aliphatic rings. The molecule has 168 valence electrons. The first kappa shape index (κ1) is 22.1. The van der Waals surface area contributed by atoms with Gasteiger partial charge in [-0.25, -0.2) is 4.68 Å². The average molecular weight is 523 g/mol. The fraction of sp³-hybridized carbons (Fsp3) is 0.280. The zero-order valence-corrected chi connectivity index (χ0v) is 20.7. The van der Waals surface area contributed by atoms with Crippen molar-refractivity contribution in [2.75, 3.05) is 11.1 Å². The molecular weight excluding hydrogens is 500 g/mol. The van der Waals surface area contributed by atoms with Crippen LogP contribution in [-0.4, -0.2) is 32.1 Å². The number of thioether (sulfide) groups is 1. The van der Waals surface area contributed by atoms with Crippen LogP contribution in [0.25, 0.3) is 0 Å². The summed E-state index contributed by atoms with van der Waals surface area (Å²) in [5.41, 5.74) is 3.20. The average Bonchev–Trinajstić information content (AvgIpc) is 3.19. The summed E-state index contributed by atoms with van der Waals surface area (Å²) in [7, 11) is 0. The Labute approximate surface area is 205 Å². The summed E-state index contributed by atoms with van der Waals surface area (Å²) in [5.74, 6) is 1.01. The molecule has 0 bridgehead atoms. The third kappa shape index (κ3) is 4.42. The number of benzene rings is 2. The third-order valence-corrected chi connectivity index (χ3v) is 7.29. The third-order valence-electron chi connectivity index (χ3n) is 5.93. The maximum absolute atomic E-state index is 13.3. The van der Waals surface area contributed by atoms with Gasteiger partial charge in [0, 0.05) is 27.7 Å². The van der Waals surface area contributed by atoms with Crippen LogP contribution in [0.4, 0.5) is 5.95 Å². The zero-order valence-electron chi connectivity index (χ0n) is 18.3. The van der Waals surface area contributed by atoms with E-state index in [2.05, 4.69) is 40.1 Å². The van der Waals surface area contributed by atoms with Crippen LogP contribution < -0.4 is 5.32 Å². The van der Waals surface area contributed by atoms with Gasteiger partial charge in [-0.2, -0.15) is 4.98 Å². The summed E-state index contributed by atoms with van der Waals surface area (Å²) < 4.78 is 2.76. The molecule has 0 saturated carbocycles. The minimum absolute atomic E-state index is 0.0279. The van der Waals surface area contributed by atoms with Gasteiger partial charge in [-0.15, -0.1) is 5.10 Å². The predicted octanol–water partition coefficient (Wildman–Crippen LogP) is 5.67. The van der Waals surface area contributed by atoms with Gasteiger partial charge >= 0.3 is 0 Å². The van der Waals surface area contributed by atoms with Crippen molar-refractivity contribution in [1.82, 2.24) is 14.8 Å². The molecule has 1 N–H and O–H groups in total. The summed E-state index contributed by atoms with van der Waals surface area (Å²) in [6.07, 6.45) is 1.26. The number of hydrogen-bond donors (Lipinski definition) is 1. The van der Waals surface area contributed by atoms with E-state index < -0.39 is 0 Å². The van der Waals surface area contributed by atoms with E-state index in [1.165, 1.54) is 11.8 Å². The number of nitrogens with one attached hydrogen (secondary N) is 1. The highest BCUT2D eigenvalue weighted by Gasteiger charge is 2.41. The van der Waals surface area contributed by atoms with E-state index in [-0.39, 0.29) is 28.8 Å². The number of allylic oxidation sites excluding steroid dienone is 2. The van der Waals surface area contributed by atoms with Crippen molar-refractivity contribution >= 4 is 45.2 Å². The van der Waals surface area contributed by atoms with E-state index in [4.69, 9.17) is 5.10 Å². The summed E-state index contributed by atoms with van der Waals surface area (Å²) in [6, 6.07) is 16.8. The molecule has 2 aromatic carbocycles. The number of halogens is 1. The molecule has 0 unspecified atom stereocenters. The first-order valence-corrected chi connectivity index (χ1v) is 12.5. The maximum Gasteiger partial charge on any atom is 0.227 e. The van der Waals surface area contributed by atoms with Crippen molar-refractivity contribution in [1.29, 1.82) is 0 Å². The second-order valence-corrected chi connectivity index (χ2v) is 11.0. The molecule has 1 aliphatic heterocycles. The Hall–Kier alpha value is -2.71. The molecule has 6 nitrogen and oxygen atoms in total. The molecule has 8 heteroatoms. The lowest BCUT2D eigenvalue weighted by molar-refractivity contribution is -0.118. The predicted molar refractivity (Wildman–Crippen MR) is 132 cm³/mol. The highest BCUT2D eigenvalue weighted by Crippen LogP contribution is 2.45. The standard InChI is InChI=1S/C25H23BrN4O2S/c1-25(2)12-18-21(19(31)13-25)22(16-8-10-17(26)11-9-16)30-23(27-18)28-24(29-30)33-14-20(32)15-6-4-3-5-7-15/h3-11,22H,12-14H2,1-2H3,(H,27,28,29)/t22-/m1/s1. The van der Waals surface area contributed by atoms with Crippen molar-refractivity contribution < 1.29 is 9.59 Å². The van der Waals surface area contributed by atoms with Gasteiger partial charge in [0.1, 0.15) is 6.04 Å². The smallest absolute Gasteiger partial charge is 0.227 e. The summed E-state index contributed by atoms with van der Waals surface area (Å²) in [4.78, 5) is 30.5. The van der Waals surface area contributed by atoms with Gasteiger partial charge in [0.25, 0.3) is 0 Å². The Balaban J connectivity index is 1.49. The number of aromatic nitrogens is 3. The number of ketones is 2. The van der Waals surface area contributed by atoms with E-state index in [9.17, 15) is 9.59 Å². The van der Waals surface area contributed by atoms with Gasteiger partial charge in [-0.05, 0) is 29.5 Å². The number of anilines is 1. The van der Waals surface area contributed by atoms with Crippen LogP contribution in [0.5, 0.6) is 0 Å². The van der Waals surface area contributed by atoms with Crippen LogP contribution in [0.1, 0.15) is 48.7 Å². The normalized spacial score (nSPS) is 19.0. The molecule has 5 rings (SSSR count). The molecule has 0 amide bonds. The second-order valence-electron chi connectivity index (χ2n) is 9.15. The van der Waals surface area contributed by atoms with Crippen LogP contribution in [0.3, 0.4) is 0 Å². The molecule has 1 aromatic heterocycles. The van der Waals surface area contributed by atoms with E-state index in [1.807, 2.05) is 54.6 Å². The Morgan fingerprint density at radius 3 is 2.61 bits per heavy atom. The largest absolute Gasteiger partial charge is 0.328 e. The molecule has 0 saturated heterocycles. The quantitative estimate of drug-likeness (QED) is 0.343. The Kier molecular flexibility index (Phi) is 5.74. The van der Waals surface area contributed by atoms with Crippen LogP contribution in [0, 0.1) is 5.41 Å². The van der Waals surface area contributed by atoms with Gasteiger partial charge in [0.2, 0.25) is 11.1 Å². The number of nitrogens with zero attached hydrogens (tertiary/aromatic N) is 3. The first-order valence-electron chi connectivity index (χ1n) is 10.8. The van der Waals surface area contributed by atoms with Crippen LogP contribution >= 0.6 is 27.7 Å². The fourth-order valence-corrected chi connectivity index (χ4v) is 5.43. The minimum atomic E-state index is -0.348. The highest BCUT2D eigenvalue weighted by atomic mass is 79.9. The van der Waals surface area contributed by atoms with E-state index in [1.54, 1.807) is 4.68 Å². The van der Waals surface area contributed by atoms with Gasteiger partial charge < -0.3 is 5.32 Å². The molecule has 0 spiro atoms. The van der Waals surface area contributed by atoms with Crippen molar-refractivity contribution in [2.24, 2.45) is 5.41 Å². The lowest BCUT2D eigenvalue weighted by Gasteiger charge is -2.38. The number of carbonyl (C=O) groups is 2. The van der Waals surface area contributed by atoms with E-state index in [0.717, 1.165) is 27.7 Å². The number of rotatable bonds is 5. The Morgan fingerprint density at radius 2 is 1.88 bits per heavy atom.